The number of aromatic amines is 1. The summed E-state index contributed by atoms with van der Waals surface area (Å²) < 4.78 is 0. The van der Waals surface area contributed by atoms with Crippen molar-refractivity contribution >= 4 is 35.3 Å². The second-order valence-corrected chi connectivity index (χ2v) is 5.06. The first kappa shape index (κ1) is 16.3. The van der Waals surface area contributed by atoms with E-state index in [0.29, 0.717) is 10.6 Å². The van der Waals surface area contributed by atoms with E-state index >= 15 is 0 Å². The van der Waals surface area contributed by atoms with Crippen LogP contribution in [0.1, 0.15) is 11.1 Å². The molecule has 1 aromatic heterocycles. The van der Waals surface area contributed by atoms with E-state index in [2.05, 4.69) is 15.5 Å². The molecule has 0 radical (unpaired) electrons. The van der Waals surface area contributed by atoms with Gasteiger partial charge in [0.15, 0.2) is 0 Å². The molecular weight excluding hydrogens is 318 g/mol. The molecule has 9 heteroatoms. The number of hydrogen-bond donors (Lipinski definition) is 2. The Labute approximate surface area is 135 Å². The molecule has 2 rings (SSSR count). The SMILES string of the molecule is CSc1n[nH]c(NC(=O)C=Cc2cccc([N+](=O)[O-])c2)c1C#N. The maximum atomic E-state index is 11.9. The molecule has 0 unspecified atom stereocenters. The Morgan fingerprint density at radius 2 is 2.35 bits per heavy atom. The molecule has 116 valence electrons. The Hall–Kier alpha value is -3.12. The molecule has 23 heavy (non-hydrogen) atoms. The molecule has 1 aromatic carbocycles. The molecule has 0 spiro atoms. The molecule has 8 nitrogen and oxygen atoms in total. The van der Waals surface area contributed by atoms with Crippen LogP contribution < -0.4 is 5.32 Å². The van der Waals surface area contributed by atoms with Gasteiger partial charge in [0, 0.05) is 18.2 Å². The van der Waals surface area contributed by atoms with Crippen molar-refractivity contribution in [3.05, 3.63) is 51.6 Å². The van der Waals surface area contributed by atoms with Crippen LogP contribution in [0.2, 0.25) is 0 Å². The maximum absolute atomic E-state index is 11.9. The first-order valence-corrected chi connectivity index (χ1v) is 7.53. The fraction of sp³-hybridized carbons (Fsp3) is 0.0714. The highest BCUT2D eigenvalue weighted by Gasteiger charge is 2.13. The first-order valence-electron chi connectivity index (χ1n) is 6.31. The van der Waals surface area contributed by atoms with Crippen LogP contribution in [-0.4, -0.2) is 27.3 Å². The zero-order valence-electron chi connectivity index (χ0n) is 11.9. The van der Waals surface area contributed by atoms with Crippen molar-refractivity contribution in [1.82, 2.24) is 10.2 Å². The molecule has 1 heterocycles. The van der Waals surface area contributed by atoms with Gasteiger partial charge in [-0.05, 0) is 17.9 Å². The number of amides is 1. The van der Waals surface area contributed by atoms with Crippen molar-refractivity contribution in [3.63, 3.8) is 0 Å². The van der Waals surface area contributed by atoms with Crippen molar-refractivity contribution in [2.24, 2.45) is 0 Å². The number of nitriles is 1. The van der Waals surface area contributed by atoms with Gasteiger partial charge < -0.3 is 5.32 Å². The van der Waals surface area contributed by atoms with Gasteiger partial charge in [0.05, 0.1) is 4.92 Å². The molecule has 0 aliphatic rings. The number of non-ortho nitro benzene ring substituents is 1. The lowest BCUT2D eigenvalue weighted by Gasteiger charge is -1.99. The lowest BCUT2D eigenvalue weighted by Crippen LogP contribution is -2.09. The normalized spacial score (nSPS) is 10.4. The average Bonchev–Trinajstić information content (AvgIpc) is 2.94. The molecule has 0 saturated carbocycles. The van der Waals surface area contributed by atoms with Crippen LogP contribution in [0, 0.1) is 21.4 Å². The fourth-order valence-electron chi connectivity index (χ4n) is 1.75. The van der Waals surface area contributed by atoms with Gasteiger partial charge in [-0.15, -0.1) is 11.8 Å². The van der Waals surface area contributed by atoms with Gasteiger partial charge in [0.1, 0.15) is 22.5 Å². The highest BCUT2D eigenvalue weighted by atomic mass is 32.2. The lowest BCUT2D eigenvalue weighted by atomic mass is 10.2. The van der Waals surface area contributed by atoms with Gasteiger partial charge >= 0.3 is 0 Å². The molecule has 0 atom stereocenters. The number of carbonyl (C=O) groups is 1. The number of nitrogens with one attached hydrogen (secondary N) is 2. The van der Waals surface area contributed by atoms with E-state index in [-0.39, 0.29) is 17.1 Å². The number of benzene rings is 1. The molecule has 0 bridgehead atoms. The molecule has 2 aromatic rings. The van der Waals surface area contributed by atoms with Gasteiger partial charge in [-0.1, -0.05) is 12.1 Å². The number of nitro groups is 1. The van der Waals surface area contributed by atoms with Crippen LogP contribution in [0.15, 0.2) is 35.4 Å². The Bertz CT molecular complexity index is 822. The maximum Gasteiger partial charge on any atom is 0.270 e. The molecule has 0 aliphatic carbocycles. The predicted molar refractivity (Wildman–Crippen MR) is 85.8 cm³/mol. The second kappa shape index (κ2) is 7.24. The number of nitro benzene ring substituents is 1. The van der Waals surface area contributed by atoms with Gasteiger partial charge in [0.2, 0.25) is 5.91 Å². The standard InChI is InChI=1S/C14H11N5O3S/c1-23-14-11(8-15)13(17-18-14)16-12(20)6-5-9-3-2-4-10(7-9)19(21)22/h2-7H,1H3,(H2,16,17,18,20). The van der Waals surface area contributed by atoms with E-state index in [4.69, 9.17) is 5.26 Å². The number of rotatable bonds is 5. The van der Waals surface area contributed by atoms with Gasteiger partial charge in [0.25, 0.3) is 5.69 Å². The van der Waals surface area contributed by atoms with E-state index in [1.54, 1.807) is 12.3 Å². The monoisotopic (exact) mass is 329 g/mol. The van der Waals surface area contributed by atoms with Crippen molar-refractivity contribution in [2.75, 3.05) is 11.6 Å². The smallest absolute Gasteiger partial charge is 0.270 e. The average molecular weight is 329 g/mol. The van der Waals surface area contributed by atoms with E-state index in [0.717, 1.165) is 0 Å². The summed E-state index contributed by atoms with van der Waals surface area (Å²) in [5.41, 5.74) is 0.719. The molecule has 0 saturated heterocycles. The molecule has 0 fully saturated rings. The summed E-state index contributed by atoms with van der Waals surface area (Å²) in [6, 6.07) is 7.86. The van der Waals surface area contributed by atoms with Crippen molar-refractivity contribution in [2.45, 2.75) is 5.03 Å². The van der Waals surface area contributed by atoms with E-state index in [1.807, 2.05) is 6.07 Å². The Balaban J connectivity index is 2.11. The van der Waals surface area contributed by atoms with Crippen LogP contribution in [0.4, 0.5) is 11.5 Å². The van der Waals surface area contributed by atoms with Crippen molar-refractivity contribution in [3.8, 4) is 6.07 Å². The third-order valence-electron chi connectivity index (χ3n) is 2.79. The molecule has 0 aliphatic heterocycles. The van der Waals surface area contributed by atoms with E-state index < -0.39 is 10.8 Å². The van der Waals surface area contributed by atoms with Gasteiger partial charge in [-0.2, -0.15) is 10.4 Å². The van der Waals surface area contributed by atoms with Crippen molar-refractivity contribution in [1.29, 1.82) is 5.26 Å². The number of nitrogens with zero attached hydrogens (tertiary/aromatic N) is 3. The molecule has 2 N–H and O–H groups in total. The van der Waals surface area contributed by atoms with Crippen LogP contribution in [-0.2, 0) is 4.79 Å². The minimum atomic E-state index is -0.509. The first-order chi connectivity index (χ1) is 11.0. The Morgan fingerprint density at radius 1 is 1.57 bits per heavy atom. The zero-order chi connectivity index (χ0) is 16.8. The van der Waals surface area contributed by atoms with Gasteiger partial charge in [-0.25, -0.2) is 0 Å². The van der Waals surface area contributed by atoms with Crippen LogP contribution in [0.3, 0.4) is 0 Å². The summed E-state index contributed by atoms with van der Waals surface area (Å²) in [4.78, 5) is 22.1. The quantitative estimate of drug-likeness (QED) is 0.376. The van der Waals surface area contributed by atoms with Crippen LogP contribution in [0.25, 0.3) is 6.08 Å². The summed E-state index contributed by atoms with van der Waals surface area (Å²) >= 11 is 1.28. The summed E-state index contributed by atoms with van der Waals surface area (Å²) in [6.07, 6.45) is 4.44. The summed E-state index contributed by atoms with van der Waals surface area (Å²) in [5.74, 6) is -0.269. The Morgan fingerprint density at radius 3 is 3.00 bits per heavy atom. The number of H-pyrrole nitrogens is 1. The number of thioether (sulfide) groups is 1. The van der Waals surface area contributed by atoms with Gasteiger partial charge in [-0.3, -0.25) is 20.0 Å². The highest BCUT2D eigenvalue weighted by Crippen LogP contribution is 2.23. The topological polar surface area (TPSA) is 125 Å². The minimum Gasteiger partial charge on any atom is -0.306 e. The number of hydrogen-bond acceptors (Lipinski definition) is 6. The predicted octanol–water partition coefficient (Wildman–Crippen LogP) is 2.56. The largest absolute Gasteiger partial charge is 0.306 e. The zero-order valence-corrected chi connectivity index (χ0v) is 12.8. The third-order valence-corrected chi connectivity index (χ3v) is 3.48. The highest BCUT2D eigenvalue weighted by molar-refractivity contribution is 7.98. The van der Waals surface area contributed by atoms with E-state index in [1.165, 1.54) is 42.1 Å². The van der Waals surface area contributed by atoms with E-state index in [9.17, 15) is 14.9 Å². The second-order valence-electron chi connectivity index (χ2n) is 4.27. The third kappa shape index (κ3) is 3.96. The summed E-state index contributed by atoms with van der Waals surface area (Å²) in [5, 5.41) is 29.3. The fourth-order valence-corrected chi connectivity index (χ4v) is 2.23. The molecular formula is C14H11N5O3S. The summed E-state index contributed by atoms with van der Waals surface area (Å²) in [6.45, 7) is 0. The molecule has 1 amide bonds. The summed E-state index contributed by atoms with van der Waals surface area (Å²) in [7, 11) is 0. The number of carbonyl (C=O) groups excluding carboxylic acids is 1. The number of anilines is 1. The number of aromatic nitrogens is 2. The van der Waals surface area contributed by atoms with Crippen LogP contribution in [0.5, 0.6) is 0 Å². The Kier molecular flexibility index (Phi) is 5.11. The minimum absolute atomic E-state index is 0.0579. The van der Waals surface area contributed by atoms with Crippen molar-refractivity contribution < 1.29 is 9.72 Å². The lowest BCUT2D eigenvalue weighted by molar-refractivity contribution is -0.384. The van der Waals surface area contributed by atoms with Crippen LogP contribution >= 0.6 is 11.8 Å².